The molecule has 1 aliphatic rings. The highest BCUT2D eigenvalue weighted by Gasteiger charge is 2.28. The van der Waals surface area contributed by atoms with Gasteiger partial charge >= 0.3 is 0 Å². The van der Waals surface area contributed by atoms with Gasteiger partial charge in [0.15, 0.2) is 5.78 Å². The van der Waals surface area contributed by atoms with E-state index in [1.807, 2.05) is 43.3 Å². The van der Waals surface area contributed by atoms with E-state index in [1.165, 1.54) is 11.1 Å². The standard InChI is InChI=1S/C18H18O2/c1-2-20-15-10-7-14(8-11-15)18(19)17-12-9-13-5-3-4-6-16(13)17/h3-8,10-11,17H,2,9,12H2,1H3. The average Bonchev–Trinajstić information content (AvgIpc) is 2.92. The highest BCUT2D eigenvalue weighted by atomic mass is 16.5. The van der Waals surface area contributed by atoms with Gasteiger partial charge in [-0.05, 0) is 55.2 Å². The lowest BCUT2D eigenvalue weighted by Crippen LogP contribution is -2.10. The van der Waals surface area contributed by atoms with Crippen molar-refractivity contribution in [2.45, 2.75) is 25.7 Å². The van der Waals surface area contributed by atoms with E-state index >= 15 is 0 Å². The van der Waals surface area contributed by atoms with Gasteiger partial charge in [0.05, 0.1) is 6.61 Å². The average molecular weight is 266 g/mol. The van der Waals surface area contributed by atoms with Crippen molar-refractivity contribution in [3.63, 3.8) is 0 Å². The number of ketones is 1. The molecule has 0 aromatic heterocycles. The van der Waals surface area contributed by atoms with Gasteiger partial charge in [-0.3, -0.25) is 4.79 Å². The predicted octanol–water partition coefficient (Wildman–Crippen LogP) is 4.00. The number of hydrogen-bond acceptors (Lipinski definition) is 2. The number of Topliss-reactive ketones (excluding diaryl/α,β-unsaturated/α-hetero) is 1. The number of aryl methyl sites for hydroxylation is 1. The topological polar surface area (TPSA) is 26.3 Å². The summed E-state index contributed by atoms with van der Waals surface area (Å²) < 4.78 is 5.41. The molecule has 0 saturated carbocycles. The van der Waals surface area contributed by atoms with Crippen molar-refractivity contribution >= 4 is 5.78 Å². The molecule has 102 valence electrons. The molecular weight excluding hydrogens is 248 g/mol. The Labute approximate surface area is 119 Å². The van der Waals surface area contributed by atoms with Gasteiger partial charge in [-0.2, -0.15) is 0 Å². The number of ether oxygens (including phenoxy) is 1. The summed E-state index contributed by atoms with van der Waals surface area (Å²) in [6, 6.07) is 15.8. The van der Waals surface area contributed by atoms with Crippen LogP contribution >= 0.6 is 0 Å². The zero-order valence-electron chi connectivity index (χ0n) is 11.6. The Balaban J connectivity index is 1.83. The molecule has 0 fully saturated rings. The summed E-state index contributed by atoms with van der Waals surface area (Å²) in [5.74, 6) is 1.05. The maximum Gasteiger partial charge on any atom is 0.170 e. The van der Waals surface area contributed by atoms with Crippen LogP contribution in [0.3, 0.4) is 0 Å². The number of carbonyl (C=O) groups excluding carboxylic acids is 1. The van der Waals surface area contributed by atoms with E-state index in [2.05, 4.69) is 12.1 Å². The van der Waals surface area contributed by atoms with Crippen LogP contribution in [-0.4, -0.2) is 12.4 Å². The fourth-order valence-corrected chi connectivity index (χ4v) is 2.91. The fourth-order valence-electron chi connectivity index (χ4n) is 2.91. The third-order valence-electron chi connectivity index (χ3n) is 3.90. The molecule has 2 nitrogen and oxygen atoms in total. The first kappa shape index (κ1) is 12.9. The van der Waals surface area contributed by atoms with Crippen LogP contribution in [0.25, 0.3) is 0 Å². The van der Waals surface area contributed by atoms with E-state index in [9.17, 15) is 4.79 Å². The maximum atomic E-state index is 12.6. The quantitative estimate of drug-likeness (QED) is 0.782. The lowest BCUT2D eigenvalue weighted by molar-refractivity contribution is 0.0959. The number of hydrogen-bond donors (Lipinski definition) is 0. The van der Waals surface area contributed by atoms with Gasteiger partial charge in [-0.15, -0.1) is 0 Å². The Morgan fingerprint density at radius 3 is 2.65 bits per heavy atom. The molecule has 2 heteroatoms. The molecule has 0 amide bonds. The van der Waals surface area contributed by atoms with Gasteiger partial charge in [0.2, 0.25) is 0 Å². The van der Waals surface area contributed by atoms with Crippen molar-refractivity contribution in [1.82, 2.24) is 0 Å². The Bertz CT molecular complexity index is 614. The molecule has 1 atom stereocenters. The summed E-state index contributed by atoms with van der Waals surface area (Å²) in [7, 11) is 0. The molecule has 0 heterocycles. The number of benzene rings is 2. The fraction of sp³-hybridized carbons (Fsp3) is 0.278. The van der Waals surface area contributed by atoms with Crippen LogP contribution in [0.1, 0.15) is 40.7 Å². The molecule has 1 aliphatic carbocycles. The molecule has 0 aliphatic heterocycles. The van der Waals surface area contributed by atoms with Gasteiger partial charge in [-0.1, -0.05) is 24.3 Å². The zero-order chi connectivity index (χ0) is 13.9. The summed E-state index contributed by atoms with van der Waals surface area (Å²) in [6.07, 6.45) is 1.93. The Morgan fingerprint density at radius 1 is 1.15 bits per heavy atom. The number of carbonyl (C=O) groups is 1. The Morgan fingerprint density at radius 2 is 1.90 bits per heavy atom. The third kappa shape index (κ3) is 2.34. The number of fused-ring (bicyclic) bond motifs is 1. The van der Waals surface area contributed by atoms with Crippen molar-refractivity contribution in [3.05, 3.63) is 65.2 Å². The summed E-state index contributed by atoms with van der Waals surface area (Å²) in [6.45, 7) is 2.60. The summed E-state index contributed by atoms with van der Waals surface area (Å²) in [5.41, 5.74) is 3.29. The Hall–Kier alpha value is -2.09. The second-order valence-corrected chi connectivity index (χ2v) is 5.11. The van der Waals surface area contributed by atoms with E-state index in [4.69, 9.17) is 4.74 Å². The van der Waals surface area contributed by atoms with Gasteiger partial charge in [0.1, 0.15) is 5.75 Å². The van der Waals surface area contributed by atoms with Crippen molar-refractivity contribution in [2.24, 2.45) is 0 Å². The maximum absolute atomic E-state index is 12.6. The van der Waals surface area contributed by atoms with Gasteiger partial charge in [0, 0.05) is 11.5 Å². The first-order valence-electron chi connectivity index (χ1n) is 7.14. The van der Waals surface area contributed by atoms with E-state index < -0.39 is 0 Å². The minimum atomic E-state index is 0.0177. The van der Waals surface area contributed by atoms with Crippen LogP contribution in [-0.2, 0) is 6.42 Å². The minimum absolute atomic E-state index is 0.0177. The SMILES string of the molecule is CCOc1ccc(C(=O)C2CCc3ccccc32)cc1. The molecule has 20 heavy (non-hydrogen) atoms. The zero-order valence-corrected chi connectivity index (χ0v) is 11.6. The first-order valence-corrected chi connectivity index (χ1v) is 7.14. The molecule has 1 unspecified atom stereocenters. The molecule has 0 spiro atoms. The lowest BCUT2D eigenvalue weighted by atomic mass is 9.92. The van der Waals surface area contributed by atoms with Gasteiger partial charge in [0.25, 0.3) is 0 Å². The van der Waals surface area contributed by atoms with Crippen LogP contribution < -0.4 is 4.74 Å². The Kier molecular flexibility index (Phi) is 3.55. The van der Waals surface area contributed by atoms with Crippen molar-refractivity contribution in [1.29, 1.82) is 0 Å². The molecule has 0 N–H and O–H groups in total. The minimum Gasteiger partial charge on any atom is -0.494 e. The monoisotopic (exact) mass is 266 g/mol. The molecule has 0 radical (unpaired) electrons. The van der Waals surface area contributed by atoms with E-state index in [0.29, 0.717) is 6.61 Å². The van der Waals surface area contributed by atoms with E-state index in [-0.39, 0.29) is 11.7 Å². The highest BCUT2D eigenvalue weighted by molar-refractivity contribution is 6.01. The second kappa shape index (κ2) is 5.49. The summed E-state index contributed by atoms with van der Waals surface area (Å²) >= 11 is 0. The largest absolute Gasteiger partial charge is 0.494 e. The van der Waals surface area contributed by atoms with Crippen LogP contribution in [0.15, 0.2) is 48.5 Å². The molecule has 0 bridgehead atoms. The smallest absolute Gasteiger partial charge is 0.170 e. The predicted molar refractivity (Wildman–Crippen MR) is 79.4 cm³/mol. The molecule has 2 aromatic rings. The van der Waals surface area contributed by atoms with Crippen LogP contribution in [0.5, 0.6) is 5.75 Å². The van der Waals surface area contributed by atoms with E-state index in [1.54, 1.807) is 0 Å². The lowest BCUT2D eigenvalue weighted by Gasteiger charge is -2.11. The van der Waals surface area contributed by atoms with E-state index in [0.717, 1.165) is 24.2 Å². The van der Waals surface area contributed by atoms with Crippen molar-refractivity contribution < 1.29 is 9.53 Å². The third-order valence-corrected chi connectivity index (χ3v) is 3.90. The molecule has 0 saturated heterocycles. The van der Waals surface area contributed by atoms with Crippen LogP contribution in [0.2, 0.25) is 0 Å². The van der Waals surface area contributed by atoms with Gasteiger partial charge < -0.3 is 4.74 Å². The second-order valence-electron chi connectivity index (χ2n) is 5.11. The van der Waals surface area contributed by atoms with Gasteiger partial charge in [-0.25, -0.2) is 0 Å². The first-order chi connectivity index (χ1) is 9.79. The normalized spacial score (nSPS) is 16.8. The van der Waals surface area contributed by atoms with Crippen molar-refractivity contribution in [2.75, 3.05) is 6.61 Å². The summed E-state index contributed by atoms with van der Waals surface area (Å²) in [5, 5.41) is 0. The molecule has 3 rings (SSSR count). The van der Waals surface area contributed by atoms with Crippen LogP contribution in [0.4, 0.5) is 0 Å². The molecule has 2 aromatic carbocycles. The van der Waals surface area contributed by atoms with Crippen LogP contribution in [0, 0.1) is 0 Å². The van der Waals surface area contributed by atoms with Crippen molar-refractivity contribution in [3.8, 4) is 5.75 Å². The number of rotatable bonds is 4. The summed E-state index contributed by atoms with van der Waals surface area (Å²) in [4.78, 5) is 12.6. The molecular formula is C18H18O2. The highest BCUT2D eigenvalue weighted by Crippen LogP contribution is 2.35.